The molecule has 0 aromatic rings. The Morgan fingerprint density at radius 2 is 1.25 bits per heavy atom. The van der Waals surface area contributed by atoms with Crippen molar-refractivity contribution in [1.29, 1.82) is 0 Å². The Balaban J connectivity index is 0. The van der Waals surface area contributed by atoms with Crippen LogP contribution in [0.3, 0.4) is 0 Å². The minimum absolute atomic E-state index is 0. The van der Waals surface area contributed by atoms with Crippen LogP contribution in [0.15, 0.2) is 0 Å². The Bertz CT molecular complexity index is 6.00. The van der Waals surface area contributed by atoms with Gasteiger partial charge in [0.25, 0.3) is 9.20 Å². The van der Waals surface area contributed by atoms with Crippen LogP contribution in [0.25, 0.3) is 0 Å². The number of hydrogen-bond acceptors (Lipinski definition) is 0. The molecule has 0 aromatic carbocycles. The molecule has 0 amide bonds. The third-order valence-corrected chi connectivity index (χ3v) is 0. The molecule has 0 heterocycles. The number of halogens is 2. The molecule has 0 aromatic heterocycles. The van der Waals surface area contributed by atoms with Crippen molar-refractivity contribution >= 4 is 9.20 Å². The van der Waals surface area contributed by atoms with Crippen LogP contribution in [-0.2, 0) is 18.6 Å². The number of rotatable bonds is 0. The van der Waals surface area contributed by atoms with Gasteiger partial charge in [0.1, 0.15) is 0 Å². The second-order valence-electron chi connectivity index (χ2n) is 0.0714. The number of hydrogen-bond donors (Lipinski definition) is 0. The minimum Gasteiger partial charge on any atom is -0.192 e. The predicted molar refractivity (Wildman–Crippen MR) is 10.5 cm³/mol. The molecule has 0 aliphatic rings. The largest absolute Gasteiger partial charge is 0.253 e. The maximum absolute atomic E-state index is 9.65. The first kappa shape index (κ1) is 8.86. The molecule has 0 saturated carbocycles. The molecular weight excluding hydrogens is 120 g/mol. The maximum Gasteiger partial charge on any atom is 0.253 e. The second-order valence-corrected chi connectivity index (χ2v) is 0.214. The second kappa shape index (κ2) is 9.11. The van der Waals surface area contributed by atoms with Gasteiger partial charge in [-0.05, 0) is 0 Å². The van der Waals surface area contributed by atoms with E-state index in [4.69, 9.17) is 0 Å². The van der Waals surface area contributed by atoms with Crippen LogP contribution < -0.4 is 0 Å². The van der Waals surface area contributed by atoms with Crippen molar-refractivity contribution in [3.63, 3.8) is 0 Å². The molecule has 4 heavy (non-hydrogen) atoms. The van der Waals surface area contributed by atoms with Crippen LogP contribution in [-0.4, -0.2) is 0 Å². The van der Waals surface area contributed by atoms with E-state index in [9.17, 15) is 8.39 Å². The van der Waals surface area contributed by atoms with E-state index in [1.165, 1.54) is 0 Å². The molecule has 0 atom stereocenters. The molecule has 1 radical (unpaired) electrons. The molecule has 0 aliphatic carbocycles. The van der Waals surface area contributed by atoms with Crippen LogP contribution in [0.4, 0.5) is 8.39 Å². The van der Waals surface area contributed by atoms with Gasteiger partial charge in [0.05, 0.1) is 0 Å². The molecular formula is HF2PV. The fourth-order valence-electron chi connectivity index (χ4n) is 0. The van der Waals surface area contributed by atoms with Crippen LogP contribution in [0.2, 0.25) is 0 Å². The van der Waals surface area contributed by atoms with E-state index >= 15 is 0 Å². The van der Waals surface area contributed by atoms with Crippen LogP contribution in [0, 0.1) is 0 Å². The summed E-state index contributed by atoms with van der Waals surface area (Å²) in [6.45, 7) is 0. The molecule has 0 fully saturated rings. The van der Waals surface area contributed by atoms with E-state index in [1.54, 1.807) is 0 Å². The molecule has 0 spiro atoms. The van der Waals surface area contributed by atoms with Crippen molar-refractivity contribution in [2.75, 3.05) is 0 Å². The van der Waals surface area contributed by atoms with Crippen molar-refractivity contribution in [2.24, 2.45) is 0 Å². The first-order chi connectivity index (χ1) is 1.41. The summed E-state index contributed by atoms with van der Waals surface area (Å²) >= 11 is 0. The third kappa shape index (κ3) is 13.2. The monoisotopic (exact) mass is 121 g/mol. The first-order valence-electron chi connectivity index (χ1n) is 0.378. The fourth-order valence-corrected chi connectivity index (χ4v) is 0. The molecule has 0 aliphatic heterocycles. The van der Waals surface area contributed by atoms with E-state index in [0.29, 0.717) is 0 Å². The standard InChI is InChI=1S/F2HP.V/c1-3-2;/h3H;. The SMILES string of the molecule is FPF.[V]. The van der Waals surface area contributed by atoms with Gasteiger partial charge in [-0.2, -0.15) is 8.39 Å². The van der Waals surface area contributed by atoms with Gasteiger partial charge < -0.3 is 0 Å². The summed E-state index contributed by atoms with van der Waals surface area (Å²) in [5.74, 6) is 0. The normalized spacial score (nSPS) is 4.50. The van der Waals surface area contributed by atoms with Gasteiger partial charge >= 0.3 is 0 Å². The van der Waals surface area contributed by atoms with E-state index < -0.39 is 9.20 Å². The van der Waals surface area contributed by atoms with E-state index in [2.05, 4.69) is 0 Å². The average molecular weight is 121 g/mol. The van der Waals surface area contributed by atoms with Crippen molar-refractivity contribution < 1.29 is 26.9 Å². The van der Waals surface area contributed by atoms with Crippen molar-refractivity contribution in [3.05, 3.63) is 0 Å². The van der Waals surface area contributed by atoms with Crippen molar-refractivity contribution in [3.8, 4) is 0 Å². The van der Waals surface area contributed by atoms with Gasteiger partial charge in [-0.1, -0.05) is 0 Å². The van der Waals surface area contributed by atoms with E-state index in [0.717, 1.165) is 0 Å². The van der Waals surface area contributed by atoms with Gasteiger partial charge in [-0.15, -0.1) is 0 Å². The fraction of sp³-hybridized carbons (Fsp3) is 0. The molecule has 0 bridgehead atoms. The van der Waals surface area contributed by atoms with E-state index in [1.807, 2.05) is 0 Å². The Morgan fingerprint density at radius 3 is 1.25 bits per heavy atom. The molecule has 0 unspecified atom stereocenters. The molecule has 0 N–H and O–H groups in total. The maximum atomic E-state index is 9.65. The molecule has 25 valence electrons. The Kier molecular flexibility index (Phi) is 20.2. The topological polar surface area (TPSA) is 0 Å². The smallest absolute Gasteiger partial charge is 0.192 e. The zero-order valence-corrected chi connectivity index (χ0v) is 4.10. The third-order valence-electron chi connectivity index (χ3n) is 0. The minimum atomic E-state index is -1.92. The van der Waals surface area contributed by atoms with Gasteiger partial charge in [0.2, 0.25) is 0 Å². The van der Waals surface area contributed by atoms with Gasteiger partial charge in [0, 0.05) is 18.6 Å². The quantitative estimate of drug-likeness (QED) is 0.425. The van der Waals surface area contributed by atoms with Gasteiger partial charge in [-0.25, -0.2) is 0 Å². The Hall–Kier alpha value is 0.874. The zero-order chi connectivity index (χ0) is 2.71. The van der Waals surface area contributed by atoms with Crippen molar-refractivity contribution in [1.82, 2.24) is 0 Å². The summed E-state index contributed by atoms with van der Waals surface area (Å²) in [5.41, 5.74) is 0. The molecule has 0 rings (SSSR count). The predicted octanol–water partition coefficient (Wildman–Crippen LogP) is 1.43. The average Bonchev–Trinajstić information content (AvgIpc) is 0.918. The molecule has 4 heteroatoms. The molecule has 0 nitrogen and oxygen atoms in total. The first-order valence-corrected chi connectivity index (χ1v) is 1.13. The van der Waals surface area contributed by atoms with Crippen LogP contribution in [0.5, 0.6) is 0 Å². The van der Waals surface area contributed by atoms with E-state index in [-0.39, 0.29) is 18.6 Å². The summed E-state index contributed by atoms with van der Waals surface area (Å²) in [4.78, 5) is 0. The summed E-state index contributed by atoms with van der Waals surface area (Å²) in [5, 5.41) is 0. The summed E-state index contributed by atoms with van der Waals surface area (Å²) in [6.07, 6.45) is 0. The molecule has 0 saturated heterocycles. The van der Waals surface area contributed by atoms with Gasteiger partial charge in [-0.3, -0.25) is 0 Å². The van der Waals surface area contributed by atoms with Gasteiger partial charge in [0.15, 0.2) is 0 Å². The Labute approximate surface area is 36.9 Å². The van der Waals surface area contributed by atoms with Crippen LogP contribution in [0.1, 0.15) is 0 Å². The summed E-state index contributed by atoms with van der Waals surface area (Å²) in [6, 6.07) is 0. The zero-order valence-electron chi connectivity index (χ0n) is 1.70. The van der Waals surface area contributed by atoms with Crippen molar-refractivity contribution in [2.45, 2.75) is 0 Å². The van der Waals surface area contributed by atoms with Crippen LogP contribution >= 0.6 is 9.20 Å². The Morgan fingerprint density at radius 1 is 1.25 bits per heavy atom. The summed E-state index contributed by atoms with van der Waals surface area (Å²) in [7, 11) is -1.92. The summed E-state index contributed by atoms with van der Waals surface area (Å²) < 4.78 is 19.3.